The zero-order valence-corrected chi connectivity index (χ0v) is 33.5. The van der Waals surface area contributed by atoms with Crippen molar-refractivity contribution in [1.82, 2.24) is 39.6 Å². The number of nitrogens with zero attached hydrogens (tertiary/aromatic N) is 8. The zero-order valence-electron chi connectivity index (χ0n) is 32.7. The highest BCUT2D eigenvalue weighted by Gasteiger charge is 2.27. The number of pyridine rings is 1. The maximum Gasteiger partial charge on any atom is 0.270 e. The second kappa shape index (κ2) is 17.5. The number of anilines is 5. The number of hydrogen-bond acceptors (Lipinski definition) is 12. The van der Waals surface area contributed by atoms with E-state index in [1.54, 1.807) is 49.5 Å². The van der Waals surface area contributed by atoms with Gasteiger partial charge in [-0.25, -0.2) is 15.0 Å². The van der Waals surface area contributed by atoms with E-state index in [2.05, 4.69) is 50.6 Å². The van der Waals surface area contributed by atoms with Gasteiger partial charge in [-0.3, -0.25) is 29.4 Å². The van der Waals surface area contributed by atoms with E-state index in [0.29, 0.717) is 46.9 Å². The number of thiazole rings is 1. The molecule has 1 aliphatic carbocycles. The minimum atomic E-state index is -0.363. The van der Waals surface area contributed by atoms with Crippen molar-refractivity contribution in [3.05, 3.63) is 76.7 Å². The minimum Gasteiger partial charge on any atom is -0.368 e. The van der Waals surface area contributed by atoms with Crippen molar-refractivity contribution in [3.63, 3.8) is 0 Å². The Labute approximate surface area is 335 Å². The summed E-state index contributed by atoms with van der Waals surface area (Å²) >= 11 is 1.39. The Morgan fingerprint density at radius 3 is 2.37 bits per heavy atom. The number of piperazine rings is 1. The van der Waals surface area contributed by atoms with E-state index in [-0.39, 0.29) is 49.2 Å². The number of carbonyl (C=O) groups is 4. The third-order valence-electron chi connectivity index (χ3n) is 10.4. The Balaban J connectivity index is 0.855. The van der Waals surface area contributed by atoms with Crippen molar-refractivity contribution in [2.45, 2.75) is 52.0 Å². The lowest BCUT2D eigenvalue weighted by Crippen LogP contribution is -2.49. The molecule has 16 nitrogen and oxygen atoms in total. The van der Waals surface area contributed by atoms with Gasteiger partial charge < -0.3 is 30.3 Å². The molecule has 7 rings (SSSR count). The average molecular weight is 793 g/mol. The van der Waals surface area contributed by atoms with Crippen molar-refractivity contribution in [1.29, 1.82) is 0 Å². The van der Waals surface area contributed by atoms with Gasteiger partial charge in [-0.1, -0.05) is 25.0 Å². The fourth-order valence-electron chi connectivity index (χ4n) is 7.19. The SMILES string of the molecule is Cc1nc(NC(=O)c2ccccc2NC(=O)CCNC(=O)CN2CCN(c3ccc(Nc4ncc5cc(C(=O)N(C)C)n(C6CCCC6)c5n4)nc3)CC2)sc1C. The lowest BCUT2D eigenvalue weighted by atomic mass is 10.1. The Bertz CT molecular complexity index is 2240. The fraction of sp³-hybridized carbons (Fsp3) is 0.400. The highest BCUT2D eigenvalue weighted by Crippen LogP contribution is 2.35. The summed E-state index contributed by atoms with van der Waals surface area (Å²) in [6, 6.07) is 12.8. The van der Waals surface area contributed by atoms with Crippen LogP contribution in [0.3, 0.4) is 0 Å². The number of nitrogens with one attached hydrogen (secondary N) is 4. The highest BCUT2D eigenvalue weighted by atomic mass is 32.1. The lowest BCUT2D eigenvalue weighted by molar-refractivity contribution is -0.122. The van der Waals surface area contributed by atoms with Gasteiger partial charge in [0.15, 0.2) is 5.13 Å². The van der Waals surface area contributed by atoms with Crippen LogP contribution in [-0.2, 0) is 9.59 Å². The first kappa shape index (κ1) is 39.3. The Kier molecular flexibility index (Phi) is 12.0. The standard InChI is InChI=1S/C40H48N12O4S/c1-25-26(2)57-40(44-25)48-37(55)30-11-7-8-12-31(30)45-34(53)15-16-41-35(54)24-50-17-19-51(20-18-50)29-13-14-33(42-23-29)46-39-43-22-27-21-32(38(56)49(3)4)52(36(27)47-39)28-9-5-6-10-28/h7-8,11-14,21-23,28H,5-6,9-10,15-20,24H2,1-4H3,(H,41,54)(H,45,53)(H,44,48,55)(H,42,43,46,47). The minimum absolute atomic E-state index is 0.0470. The van der Waals surface area contributed by atoms with Gasteiger partial charge in [0.25, 0.3) is 11.8 Å². The van der Waals surface area contributed by atoms with Crippen LogP contribution in [0.1, 0.15) is 69.6 Å². The van der Waals surface area contributed by atoms with E-state index in [4.69, 9.17) is 4.98 Å². The zero-order chi connectivity index (χ0) is 40.1. The van der Waals surface area contributed by atoms with Gasteiger partial charge >= 0.3 is 0 Å². The lowest BCUT2D eigenvalue weighted by Gasteiger charge is -2.35. The molecule has 0 bridgehead atoms. The molecule has 57 heavy (non-hydrogen) atoms. The molecule has 0 spiro atoms. The Hall–Kier alpha value is -5.94. The normalized spacial score (nSPS) is 14.8. The van der Waals surface area contributed by atoms with Crippen molar-refractivity contribution in [2.24, 2.45) is 0 Å². The highest BCUT2D eigenvalue weighted by molar-refractivity contribution is 7.15. The summed E-state index contributed by atoms with van der Waals surface area (Å²) in [4.78, 5) is 76.7. The molecule has 1 saturated heterocycles. The van der Waals surface area contributed by atoms with Gasteiger partial charge in [0.2, 0.25) is 17.8 Å². The first-order valence-electron chi connectivity index (χ1n) is 19.2. The third kappa shape index (κ3) is 9.37. The molecule has 4 N–H and O–H groups in total. The molecule has 0 unspecified atom stereocenters. The summed E-state index contributed by atoms with van der Waals surface area (Å²) in [5, 5.41) is 13.0. The fourth-order valence-corrected chi connectivity index (χ4v) is 8.00. The molecule has 298 valence electrons. The molecule has 5 aromatic rings. The smallest absolute Gasteiger partial charge is 0.270 e. The largest absolute Gasteiger partial charge is 0.368 e. The molecule has 1 saturated carbocycles. The van der Waals surface area contributed by atoms with Crippen molar-refractivity contribution in [3.8, 4) is 0 Å². The van der Waals surface area contributed by atoms with Crippen LogP contribution in [0.15, 0.2) is 54.9 Å². The van der Waals surface area contributed by atoms with Crippen LogP contribution < -0.4 is 26.2 Å². The van der Waals surface area contributed by atoms with Crippen LogP contribution in [0.5, 0.6) is 0 Å². The summed E-state index contributed by atoms with van der Waals surface area (Å²) in [6.07, 6.45) is 7.94. The number of fused-ring (bicyclic) bond motifs is 1. The summed E-state index contributed by atoms with van der Waals surface area (Å²) in [6.45, 7) is 7.07. The monoisotopic (exact) mass is 792 g/mol. The van der Waals surface area contributed by atoms with Gasteiger partial charge in [-0.05, 0) is 57.0 Å². The molecule has 0 radical (unpaired) electrons. The molecule has 2 fully saturated rings. The van der Waals surface area contributed by atoms with Crippen LogP contribution in [-0.4, -0.2) is 111 Å². The van der Waals surface area contributed by atoms with E-state index in [0.717, 1.165) is 66.1 Å². The summed E-state index contributed by atoms with van der Waals surface area (Å²) in [7, 11) is 3.53. The van der Waals surface area contributed by atoms with Crippen molar-refractivity contribution < 1.29 is 19.2 Å². The number of aromatic nitrogens is 5. The number of amides is 4. The van der Waals surface area contributed by atoms with E-state index in [1.165, 1.54) is 11.3 Å². The Morgan fingerprint density at radius 2 is 1.67 bits per heavy atom. The van der Waals surface area contributed by atoms with E-state index in [9.17, 15) is 19.2 Å². The maximum atomic E-state index is 13.1. The Morgan fingerprint density at radius 1 is 0.895 bits per heavy atom. The quantitative estimate of drug-likeness (QED) is 0.126. The molecule has 5 heterocycles. The first-order chi connectivity index (χ1) is 27.5. The van der Waals surface area contributed by atoms with Gasteiger partial charge in [-0.2, -0.15) is 4.98 Å². The van der Waals surface area contributed by atoms with E-state index in [1.807, 2.05) is 38.2 Å². The van der Waals surface area contributed by atoms with Gasteiger partial charge in [0, 0.05) is 75.7 Å². The summed E-state index contributed by atoms with van der Waals surface area (Å²) < 4.78 is 2.09. The van der Waals surface area contributed by atoms with Gasteiger partial charge in [0.05, 0.1) is 35.4 Å². The predicted molar refractivity (Wildman–Crippen MR) is 221 cm³/mol. The number of aryl methyl sites for hydroxylation is 2. The molecule has 1 aliphatic heterocycles. The number of carbonyl (C=O) groups excluding carboxylic acids is 4. The maximum absolute atomic E-state index is 13.1. The second-order valence-corrected chi connectivity index (χ2v) is 15.8. The number of benzene rings is 1. The number of hydrogen-bond donors (Lipinski definition) is 4. The summed E-state index contributed by atoms with van der Waals surface area (Å²) in [5.74, 6) is 0.151. The van der Waals surface area contributed by atoms with Crippen molar-refractivity contribution in [2.75, 3.05) is 74.2 Å². The topological polar surface area (TPSA) is 183 Å². The number of rotatable bonds is 13. The van der Waals surface area contributed by atoms with E-state index >= 15 is 0 Å². The van der Waals surface area contributed by atoms with Gasteiger partial charge in [0.1, 0.15) is 17.2 Å². The first-order valence-corrected chi connectivity index (χ1v) is 20.0. The molecule has 4 amide bonds. The molecule has 4 aromatic heterocycles. The number of para-hydroxylation sites is 1. The van der Waals surface area contributed by atoms with Crippen molar-refractivity contribution >= 4 is 74.3 Å². The van der Waals surface area contributed by atoms with Gasteiger partial charge in [-0.15, -0.1) is 11.3 Å². The predicted octanol–water partition coefficient (Wildman–Crippen LogP) is 4.98. The van der Waals surface area contributed by atoms with Crippen LogP contribution in [0, 0.1) is 13.8 Å². The van der Waals surface area contributed by atoms with Crippen LogP contribution in [0.4, 0.5) is 28.3 Å². The molecule has 17 heteroatoms. The van der Waals surface area contributed by atoms with E-state index < -0.39 is 0 Å². The summed E-state index contributed by atoms with van der Waals surface area (Å²) in [5.41, 5.74) is 3.93. The van der Waals surface area contributed by atoms with Crippen LogP contribution >= 0.6 is 11.3 Å². The third-order valence-corrected chi connectivity index (χ3v) is 11.3. The second-order valence-electron chi connectivity index (χ2n) is 14.6. The molecular weight excluding hydrogens is 745 g/mol. The molecule has 1 aromatic carbocycles. The van der Waals surface area contributed by atoms with Crippen LogP contribution in [0.2, 0.25) is 0 Å². The molecule has 2 aliphatic rings. The molecular formula is C40H48N12O4S. The molecule has 0 atom stereocenters. The van der Waals surface area contributed by atoms with Crippen LogP contribution in [0.25, 0.3) is 11.0 Å². The average Bonchev–Trinajstić information content (AvgIpc) is 3.94.